The first kappa shape index (κ1) is 25.2. The van der Waals surface area contributed by atoms with E-state index in [1.54, 1.807) is 35.0 Å². The van der Waals surface area contributed by atoms with Crippen LogP contribution >= 0.6 is 0 Å². The number of sulfonamides is 1. The number of anilines is 1. The van der Waals surface area contributed by atoms with Gasteiger partial charge in [-0.25, -0.2) is 17.8 Å². The molecular weight excluding hydrogens is 509 g/mol. The van der Waals surface area contributed by atoms with E-state index in [4.69, 9.17) is 4.42 Å². The van der Waals surface area contributed by atoms with Crippen LogP contribution in [0.25, 0.3) is 17.1 Å². The zero-order valence-corrected chi connectivity index (χ0v) is 20.8. The van der Waals surface area contributed by atoms with Gasteiger partial charge in [0.25, 0.3) is 5.89 Å². The molecule has 0 radical (unpaired) electrons. The molecule has 0 amide bonds. The van der Waals surface area contributed by atoms with Crippen LogP contribution in [0, 0.1) is 5.82 Å². The Morgan fingerprint density at radius 2 is 1.95 bits per heavy atom. The molecule has 4 aromatic rings. The van der Waals surface area contributed by atoms with Crippen molar-refractivity contribution in [2.24, 2.45) is 0 Å². The van der Waals surface area contributed by atoms with Gasteiger partial charge in [-0.2, -0.15) is 8.78 Å². The Morgan fingerprint density at radius 3 is 2.62 bits per heavy atom. The number of alkyl halides is 2. The fraction of sp³-hybridized carbons (Fsp3) is 0.375. The Morgan fingerprint density at radius 1 is 1.16 bits per heavy atom. The molecule has 0 unspecified atom stereocenters. The van der Waals surface area contributed by atoms with Crippen molar-refractivity contribution < 1.29 is 26.0 Å². The van der Waals surface area contributed by atoms with E-state index in [1.807, 2.05) is 6.92 Å². The van der Waals surface area contributed by atoms with Gasteiger partial charge in [-0.15, -0.1) is 10.2 Å². The monoisotopic (exact) mass is 534 g/mol. The van der Waals surface area contributed by atoms with Crippen LogP contribution in [0.3, 0.4) is 0 Å². The minimum atomic E-state index is -3.83. The third-order valence-electron chi connectivity index (χ3n) is 6.50. The fourth-order valence-electron chi connectivity index (χ4n) is 4.49. The van der Waals surface area contributed by atoms with E-state index in [1.165, 1.54) is 22.5 Å². The molecule has 1 aliphatic rings. The molecule has 1 aromatic carbocycles. The summed E-state index contributed by atoms with van der Waals surface area (Å²) in [5, 5.41) is 6.40. The summed E-state index contributed by atoms with van der Waals surface area (Å²) in [5.41, 5.74) is 1.47. The SMILES string of the molecule is CCN1CCC(S(=O)(=O)N(Cc2cn3ccc(-c4nnc(C(F)F)o4)cc3n2)c2cccc(F)c2)CC1. The molecule has 0 spiro atoms. The largest absolute Gasteiger partial charge is 0.415 e. The van der Waals surface area contributed by atoms with Crippen LogP contribution in [0.15, 0.2) is 53.2 Å². The summed E-state index contributed by atoms with van der Waals surface area (Å²) in [4.78, 5) is 6.73. The molecule has 1 aliphatic heterocycles. The van der Waals surface area contributed by atoms with Gasteiger partial charge in [-0.05, 0) is 62.8 Å². The average molecular weight is 535 g/mol. The van der Waals surface area contributed by atoms with E-state index in [0.717, 1.165) is 6.54 Å². The molecular formula is C24H25F3N6O3S. The van der Waals surface area contributed by atoms with Crippen LogP contribution in [0.4, 0.5) is 18.9 Å². The van der Waals surface area contributed by atoms with Gasteiger partial charge in [0, 0.05) is 18.0 Å². The number of imidazole rings is 1. The number of hydrogen-bond acceptors (Lipinski definition) is 7. The van der Waals surface area contributed by atoms with Gasteiger partial charge in [-0.1, -0.05) is 13.0 Å². The maximum absolute atomic E-state index is 14.1. The van der Waals surface area contributed by atoms with Crippen LogP contribution in [-0.2, 0) is 16.6 Å². The fourth-order valence-corrected chi connectivity index (χ4v) is 6.38. The Balaban J connectivity index is 1.46. The molecule has 1 fully saturated rings. The molecule has 0 aliphatic carbocycles. The number of piperidine rings is 1. The van der Waals surface area contributed by atoms with E-state index in [2.05, 4.69) is 20.1 Å². The number of aromatic nitrogens is 4. The van der Waals surface area contributed by atoms with Gasteiger partial charge in [0.1, 0.15) is 11.5 Å². The zero-order valence-electron chi connectivity index (χ0n) is 20.0. The minimum Gasteiger partial charge on any atom is -0.415 e. The molecule has 196 valence electrons. The first-order valence-corrected chi connectivity index (χ1v) is 13.3. The molecule has 1 saturated heterocycles. The lowest BCUT2D eigenvalue weighted by Gasteiger charge is -2.34. The summed E-state index contributed by atoms with van der Waals surface area (Å²) >= 11 is 0. The van der Waals surface area contributed by atoms with Gasteiger partial charge < -0.3 is 13.7 Å². The zero-order chi connectivity index (χ0) is 26.2. The van der Waals surface area contributed by atoms with Gasteiger partial charge in [-0.3, -0.25) is 4.31 Å². The van der Waals surface area contributed by atoms with E-state index in [9.17, 15) is 21.6 Å². The van der Waals surface area contributed by atoms with Crippen LogP contribution in [0.1, 0.15) is 37.8 Å². The van der Waals surface area contributed by atoms with Gasteiger partial charge in [0.2, 0.25) is 15.9 Å². The van der Waals surface area contributed by atoms with Crippen molar-refractivity contribution in [2.75, 3.05) is 23.9 Å². The summed E-state index contributed by atoms with van der Waals surface area (Å²) in [5.74, 6) is -1.40. The predicted octanol–water partition coefficient (Wildman–Crippen LogP) is 4.28. The smallest absolute Gasteiger partial charge is 0.314 e. The number of hydrogen-bond donors (Lipinski definition) is 0. The second-order valence-corrected chi connectivity index (χ2v) is 11.0. The maximum atomic E-state index is 14.1. The van der Waals surface area contributed by atoms with Crippen molar-refractivity contribution in [3.8, 4) is 11.5 Å². The molecule has 0 saturated carbocycles. The second-order valence-electron chi connectivity index (χ2n) is 8.82. The standard InChI is InChI=1S/C24H25F3N6O3S/c1-2-31-9-7-20(8-10-31)37(34,35)33(19-5-3-4-17(25)13-19)15-18-14-32-11-6-16(12-21(32)28-18)23-29-30-24(36-23)22(26)27/h3-6,11-14,20,22H,2,7-10,15H2,1H3. The Bertz CT molecular complexity index is 1500. The predicted molar refractivity (Wildman–Crippen MR) is 130 cm³/mol. The minimum absolute atomic E-state index is 0.0789. The average Bonchev–Trinajstić information content (AvgIpc) is 3.54. The third kappa shape index (κ3) is 5.18. The van der Waals surface area contributed by atoms with Gasteiger partial charge >= 0.3 is 6.43 Å². The molecule has 3 aromatic heterocycles. The lowest BCUT2D eigenvalue weighted by Crippen LogP contribution is -2.45. The van der Waals surface area contributed by atoms with Crippen LogP contribution in [0.2, 0.25) is 0 Å². The first-order valence-electron chi connectivity index (χ1n) is 11.8. The number of likely N-dealkylation sites (tertiary alicyclic amines) is 1. The summed E-state index contributed by atoms with van der Waals surface area (Å²) in [7, 11) is -3.83. The molecule has 0 bridgehead atoms. The number of fused-ring (bicyclic) bond motifs is 1. The topological polar surface area (TPSA) is 96.8 Å². The van der Waals surface area contributed by atoms with Crippen LogP contribution < -0.4 is 4.31 Å². The number of nitrogens with zero attached hydrogens (tertiary/aromatic N) is 6. The highest BCUT2D eigenvalue weighted by molar-refractivity contribution is 7.93. The van der Waals surface area contributed by atoms with Gasteiger partial charge in [0.15, 0.2) is 0 Å². The highest BCUT2D eigenvalue weighted by Gasteiger charge is 2.35. The van der Waals surface area contributed by atoms with Crippen molar-refractivity contribution in [1.82, 2.24) is 24.5 Å². The lowest BCUT2D eigenvalue weighted by molar-refractivity contribution is 0.116. The molecule has 5 rings (SSSR count). The summed E-state index contributed by atoms with van der Waals surface area (Å²) in [6.45, 7) is 4.15. The third-order valence-corrected chi connectivity index (χ3v) is 8.76. The van der Waals surface area contributed by atoms with Crippen molar-refractivity contribution in [3.05, 3.63) is 66.2 Å². The molecule has 0 atom stereocenters. The molecule has 13 heteroatoms. The Labute approximate surface area is 211 Å². The highest BCUT2D eigenvalue weighted by atomic mass is 32.2. The van der Waals surface area contributed by atoms with Gasteiger partial charge in [0.05, 0.1) is 23.2 Å². The van der Waals surface area contributed by atoms with Crippen molar-refractivity contribution in [3.63, 3.8) is 0 Å². The highest BCUT2D eigenvalue weighted by Crippen LogP contribution is 2.29. The summed E-state index contributed by atoms with van der Waals surface area (Å²) in [6.07, 6.45) is 1.39. The first-order chi connectivity index (χ1) is 17.7. The molecule has 9 nitrogen and oxygen atoms in total. The van der Waals surface area contributed by atoms with E-state index < -0.39 is 33.4 Å². The van der Waals surface area contributed by atoms with E-state index in [0.29, 0.717) is 42.8 Å². The van der Waals surface area contributed by atoms with Crippen LogP contribution in [-0.4, -0.2) is 57.8 Å². The molecule has 4 heterocycles. The lowest BCUT2D eigenvalue weighted by atomic mass is 10.1. The number of pyridine rings is 1. The normalized spacial score (nSPS) is 15.6. The number of halogens is 3. The van der Waals surface area contributed by atoms with Crippen molar-refractivity contribution in [1.29, 1.82) is 0 Å². The molecule has 37 heavy (non-hydrogen) atoms. The van der Waals surface area contributed by atoms with E-state index >= 15 is 0 Å². The number of rotatable bonds is 8. The number of benzene rings is 1. The van der Waals surface area contributed by atoms with E-state index in [-0.39, 0.29) is 18.1 Å². The second kappa shape index (κ2) is 10.1. The van der Waals surface area contributed by atoms with Crippen LogP contribution in [0.5, 0.6) is 0 Å². The van der Waals surface area contributed by atoms with Crippen molar-refractivity contribution >= 4 is 21.4 Å². The maximum Gasteiger partial charge on any atom is 0.314 e. The Hall–Kier alpha value is -3.45. The van der Waals surface area contributed by atoms with Crippen molar-refractivity contribution in [2.45, 2.75) is 38.0 Å². The summed E-state index contributed by atoms with van der Waals surface area (Å²) in [6, 6.07) is 8.67. The summed E-state index contributed by atoms with van der Waals surface area (Å²) < 4.78 is 75.2. The molecule has 0 N–H and O–H groups in total. The quantitative estimate of drug-likeness (QED) is 0.333. The Kier molecular flexibility index (Phi) is 6.90.